The smallest absolute Gasteiger partial charge is 0.193 e. The van der Waals surface area contributed by atoms with Gasteiger partial charge in [-0.25, -0.2) is 0 Å². The number of rotatable bonds is 1. The molecule has 0 unspecified atom stereocenters. The molecular formula is C19H11BrO2. The summed E-state index contributed by atoms with van der Waals surface area (Å²) in [4.78, 5) is 12.3. The molecule has 2 nitrogen and oxygen atoms in total. The van der Waals surface area contributed by atoms with Crippen LogP contribution >= 0.6 is 15.9 Å². The molecule has 4 aromatic rings. The third-order valence-electron chi connectivity index (χ3n) is 3.73. The highest BCUT2D eigenvalue weighted by Gasteiger charge is 2.08. The van der Waals surface area contributed by atoms with Crippen molar-refractivity contribution in [3.8, 4) is 11.3 Å². The molecule has 1 heterocycles. The van der Waals surface area contributed by atoms with E-state index in [-0.39, 0.29) is 5.43 Å². The van der Waals surface area contributed by atoms with Crippen LogP contribution in [0.4, 0.5) is 0 Å². The first kappa shape index (κ1) is 13.3. The molecule has 0 fully saturated rings. The fourth-order valence-electron chi connectivity index (χ4n) is 2.61. The molecule has 1 aromatic heterocycles. The molecule has 0 spiro atoms. The Labute approximate surface area is 135 Å². The first-order valence-electron chi connectivity index (χ1n) is 6.93. The van der Waals surface area contributed by atoms with Crippen LogP contribution in [0.15, 0.2) is 80.4 Å². The summed E-state index contributed by atoms with van der Waals surface area (Å²) in [5.74, 6) is 0.585. The average molecular weight is 351 g/mol. The van der Waals surface area contributed by atoms with Crippen molar-refractivity contribution in [2.24, 2.45) is 0 Å². The fourth-order valence-corrected chi connectivity index (χ4v) is 2.95. The molecule has 0 saturated heterocycles. The molecule has 0 N–H and O–H groups in total. The minimum absolute atomic E-state index is 0.0306. The number of hydrogen-bond acceptors (Lipinski definition) is 2. The summed E-state index contributed by atoms with van der Waals surface area (Å²) in [6.45, 7) is 0. The third-order valence-corrected chi connectivity index (χ3v) is 4.22. The number of halogens is 1. The van der Waals surface area contributed by atoms with E-state index in [0.29, 0.717) is 16.7 Å². The first-order valence-corrected chi connectivity index (χ1v) is 7.73. The summed E-state index contributed by atoms with van der Waals surface area (Å²) in [5.41, 5.74) is 1.46. The second kappa shape index (κ2) is 5.11. The van der Waals surface area contributed by atoms with Crippen molar-refractivity contribution in [2.75, 3.05) is 0 Å². The Morgan fingerprint density at radius 2 is 1.64 bits per heavy atom. The minimum atomic E-state index is -0.0306. The van der Waals surface area contributed by atoms with E-state index in [4.69, 9.17) is 4.42 Å². The van der Waals surface area contributed by atoms with E-state index in [0.717, 1.165) is 20.8 Å². The highest BCUT2D eigenvalue weighted by molar-refractivity contribution is 9.10. The Balaban J connectivity index is 1.97. The van der Waals surface area contributed by atoms with E-state index in [2.05, 4.69) is 28.1 Å². The van der Waals surface area contributed by atoms with Crippen molar-refractivity contribution in [3.63, 3.8) is 0 Å². The van der Waals surface area contributed by atoms with Crippen LogP contribution in [0.2, 0.25) is 0 Å². The van der Waals surface area contributed by atoms with Crippen molar-refractivity contribution in [1.82, 2.24) is 0 Å². The SMILES string of the molecule is O=c1cc(-c2ccc3ccccc3c2)oc2cc(Br)ccc12. The maximum Gasteiger partial charge on any atom is 0.193 e. The van der Waals surface area contributed by atoms with Gasteiger partial charge in [0.2, 0.25) is 0 Å². The van der Waals surface area contributed by atoms with Gasteiger partial charge in [0.25, 0.3) is 0 Å². The summed E-state index contributed by atoms with van der Waals surface area (Å²) < 4.78 is 6.82. The van der Waals surface area contributed by atoms with Crippen LogP contribution in [0.3, 0.4) is 0 Å². The lowest BCUT2D eigenvalue weighted by Gasteiger charge is -2.05. The molecule has 0 atom stereocenters. The van der Waals surface area contributed by atoms with E-state index in [1.807, 2.05) is 42.5 Å². The van der Waals surface area contributed by atoms with Gasteiger partial charge in [-0.2, -0.15) is 0 Å². The standard InChI is InChI=1S/C19H11BrO2/c20-15-7-8-16-17(21)11-18(22-19(16)10-15)14-6-5-12-3-1-2-4-13(12)9-14/h1-11H. The lowest BCUT2D eigenvalue weighted by atomic mass is 10.0. The van der Waals surface area contributed by atoms with Crippen molar-refractivity contribution >= 4 is 37.7 Å². The average Bonchev–Trinajstić information content (AvgIpc) is 2.54. The van der Waals surface area contributed by atoms with Crippen molar-refractivity contribution in [2.45, 2.75) is 0 Å². The van der Waals surface area contributed by atoms with Gasteiger partial charge in [-0.1, -0.05) is 52.3 Å². The third kappa shape index (κ3) is 2.24. The van der Waals surface area contributed by atoms with Crippen LogP contribution in [0, 0.1) is 0 Å². The molecule has 4 rings (SSSR count). The van der Waals surface area contributed by atoms with Crippen LogP contribution in [0.1, 0.15) is 0 Å². The normalized spacial score (nSPS) is 11.1. The lowest BCUT2D eigenvalue weighted by molar-refractivity contribution is 0.619. The molecule has 22 heavy (non-hydrogen) atoms. The highest BCUT2D eigenvalue weighted by Crippen LogP contribution is 2.27. The molecule has 106 valence electrons. The van der Waals surface area contributed by atoms with E-state index in [1.165, 1.54) is 0 Å². The Morgan fingerprint density at radius 3 is 2.50 bits per heavy atom. The quantitative estimate of drug-likeness (QED) is 0.461. The molecule has 0 aliphatic rings. The predicted octanol–water partition coefficient (Wildman–Crippen LogP) is 5.38. The van der Waals surface area contributed by atoms with Gasteiger partial charge in [-0.15, -0.1) is 0 Å². The van der Waals surface area contributed by atoms with Gasteiger partial charge in [0.05, 0.1) is 5.39 Å². The van der Waals surface area contributed by atoms with Gasteiger partial charge < -0.3 is 4.42 Å². The Bertz CT molecular complexity index is 1060. The van der Waals surface area contributed by atoms with Crippen molar-refractivity contribution in [1.29, 1.82) is 0 Å². The molecule has 0 saturated carbocycles. The van der Waals surface area contributed by atoms with Crippen molar-refractivity contribution in [3.05, 3.63) is 81.4 Å². The van der Waals surface area contributed by atoms with E-state index < -0.39 is 0 Å². The second-order valence-electron chi connectivity index (χ2n) is 5.18. The Hall–Kier alpha value is -2.39. The Morgan fingerprint density at radius 1 is 0.818 bits per heavy atom. The first-order chi connectivity index (χ1) is 10.7. The molecule has 0 radical (unpaired) electrons. The van der Waals surface area contributed by atoms with Gasteiger partial charge in [0, 0.05) is 16.1 Å². The highest BCUT2D eigenvalue weighted by atomic mass is 79.9. The number of fused-ring (bicyclic) bond motifs is 2. The van der Waals surface area contributed by atoms with E-state index in [9.17, 15) is 4.79 Å². The summed E-state index contributed by atoms with van der Waals surface area (Å²) in [6.07, 6.45) is 0. The van der Waals surface area contributed by atoms with Gasteiger partial charge in [-0.3, -0.25) is 4.79 Å². The van der Waals surface area contributed by atoms with Crippen LogP contribution in [-0.2, 0) is 0 Å². The second-order valence-corrected chi connectivity index (χ2v) is 6.09. The van der Waals surface area contributed by atoms with Crippen LogP contribution in [0.5, 0.6) is 0 Å². The van der Waals surface area contributed by atoms with Gasteiger partial charge in [-0.05, 0) is 35.0 Å². The zero-order chi connectivity index (χ0) is 15.1. The molecule has 0 aliphatic heterocycles. The zero-order valence-electron chi connectivity index (χ0n) is 11.5. The van der Waals surface area contributed by atoms with E-state index in [1.54, 1.807) is 12.1 Å². The van der Waals surface area contributed by atoms with Gasteiger partial charge >= 0.3 is 0 Å². The minimum Gasteiger partial charge on any atom is -0.456 e. The molecule has 0 aliphatic carbocycles. The lowest BCUT2D eigenvalue weighted by Crippen LogP contribution is -2.00. The summed E-state index contributed by atoms with van der Waals surface area (Å²) in [5, 5.41) is 2.88. The van der Waals surface area contributed by atoms with E-state index >= 15 is 0 Å². The fraction of sp³-hybridized carbons (Fsp3) is 0. The number of hydrogen-bond donors (Lipinski definition) is 0. The zero-order valence-corrected chi connectivity index (χ0v) is 13.1. The summed E-state index contributed by atoms with van der Waals surface area (Å²) >= 11 is 3.41. The molecule has 0 bridgehead atoms. The van der Waals surface area contributed by atoms with Gasteiger partial charge in [0.15, 0.2) is 5.43 Å². The predicted molar refractivity (Wildman–Crippen MR) is 93.1 cm³/mol. The van der Waals surface area contributed by atoms with Gasteiger partial charge in [0.1, 0.15) is 11.3 Å². The Kier molecular flexibility index (Phi) is 3.09. The largest absolute Gasteiger partial charge is 0.456 e. The van der Waals surface area contributed by atoms with Crippen molar-refractivity contribution < 1.29 is 4.42 Å². The molecular weight excluding hydrogens is 340 g/mol. The molecule has 3 aromatic carbocycles. The van der Waals surface area contributed by atoms with Crippen LogP contribution < -0.4 is 5.43 Å². The molecule has 0 amide bonds. The topological polar surface area (TPSA) is 30.2 Å². The maximum atomic E-state index is 12.3. The van der Waals surface area contributed by atoms with Crippen LogP contribution in [-0.4, -0.2) is 0 Å². The summed E-state index contributed by atoms with van der Waals surface area (Å²) in [6, 6.07) is 21.2. The molecule has 3 heteroatoms. The monoisotopic (exact) mass is 350 g/mol. The summed E-state index contributed by atoms with van der Waals surface area (Å²) in [7, 11) is 0. The maximum absolute atomic E-state index is 12.3. The van der Waals surface area contributed by atoms with Crippen LogP contribution in [0.25, 0.3) is 33.1 Å². The number of benzene rings is 3.